The highest BCUT2D eigenvalue weighted by Crippen LogP contribution is 2.60. The van der Waals surface area contributed by atoms with Crippen LogP contribution < -0.4 is 0 Å². The molecule has 0 aromatic carbocycles. The first-order chi connectivity index (χ1) is 17.1. The zero-order valence-corrected chi connectivity index (χ0v) is 22.3. The Hall–Kier alpha value is -3.09. The summed E-state index contributed by atoms with van der Waals surface area (Å²) in [5.41, 5.74) is 3.16. The van der Waals surface area contributed by atoms with E-state index in [1.807, 2.05) is 6.07 Å². The summed E-state index contributed by atoms with van der Waals surface area (Å²) in [6.07, 6.45) is 12.1. The van der Waals surface area contributed by atoms with Gasteiger partial charge < -0.3 is 18.6 Å². The highest BCUT2D eigenvalue weighted by Gasteiger charge is 2.55. The van der Waals surface area contributed by atoms with Gasteiger partial charge >= 0.3 is 17.9 Å². The lowest BCUT2D eigenvalue weighted by Crippen LogP contribution is -2.50. The summed E-state index contributed by atoms with van der Waals surface area (Å²) >= 11 is 0. The van der Waals surface area contributed by atoms with E-state index in [9.17, 15) is 14.4 Å². The Morgan fingerprint density at radius 3 is 2.31 bits per heavy atom. The zero-order valence-electron chi connectivity index (χ0n) is 22.3. The molecule has 7 nitrogen and oxygen atoms in total. The van der Waals surface area contributed by atoms with Crippen LogP contribution in [0.5, 0.6) is 0 Å². The molecule has 0 spiro atoms. The summed E-state index contributed by atoms with van der Waals surface area (Å²) in [6.45, 7) is 6.59. The van der Waals surface area contributed by atoms with E-state index in [0.717, 1.165) is 44.1 Å². The van der Waals surface area contributed by atoms with Crippen molar-refractivity contribution in [3.05, 3.63) is 46.4 Å². The number of esters is 3. The number of hydrogen-bond donors (Lipinski definition) is 0. The van der Waals surface area contributed by atoms with Gasteiger partial charge in [-0.15, -0.1) is 0 Å². The van der Waals surface area contributed by atoms with Crippen LogP contribution in [0.3, 0.4) is 0 Å². The zero-order chi connectivity index (χ0) is 26.5. The smallest absolute Gasteiger partial charge is 0.330 e. The van der Waals surface area contributed by atoms with E-state index in [1.54, 1.807) is 12.2 Å². The predicted octanol–water partition coefficient (Wildman–Crippen LogP) is 5.68. The number of methoxy groups -OCH3 is 3. The van der Waals surface area contributed by atoms with Crippen molar-refractivity contribution in [1.82, 2.24) is 0 Å². The third kappa shape index (κ3) is 5.50. The van der Waals surface area contributed by atoms with E-state index in [4.69, 9.17) is 13.9 Å². The van der Waals surface area contributed by atoms with E-state index in [2.05, 4.69) is 25.5 Å². The summed E-state index contributed by atoms with van der Waals surface area (Å²) in [5.74, 6) is 0.205. The molecule has 196 valence electrons. The first-order valence-corrected chi connectivity index (χ1v) is 12.5. The Labute approximate surface area is 213 Å². The highest BCUT2D eigenvalue weighted by molar-refractivity contribution is 5.87. The van der Waals surface area contributed by atoms with E-state index >= 15 is 0 Å². The van der Waals surface area contributed by atoms with Crippen LogP contribution >= 0.6 is 0 Å². The molecule has 1 fully saturated rings. The number of carbonyl (C=O) groups excluding carboxylic acids is 3. The van der Waals surface area contributed by atoms with E-state index in [-0.39, 0.29) is 17.3 Å². The Kier molecular flexibility index (Phi) is 8.64. The summed E-state index contributed by atoms with van der Waals surface area (Å²) in [6, 6.07) is 1.88. The molecule has 0 N–H and O–H groups in total. The Morgan fingerprint density at radius 1 is 1.00 bits per heavy atom. The van der Waals surface area contributed by atoms with Crippen molar-refractivity contribution in [1.29, 1.82) is 0 Å². The second-order valence-electron chi connectivity index (χ2n) is 10.3. The Morgan fingerprint density at radius 2 is 1.67 bits per heavy atom. The molecule has 2 aliphatic carbocycles. The minimum Gasteiger partial charge on any atom is -0.469 e. The topological polar surface area (TPSA) is 92.0 Å². The summed E-state index contributed by atoms with van der Waals surface area (Å²) < 4.78 is 20.5. The summed E-state index contributed by atoms with van der Waals surface area (Å²) in [7, 11) is 4.12. The fraction of sp³-hybridized carbons (Fsp3) is 0.552. The molecule has 0 unspecified atom stereocenters. The van der Waals surface area contributed by atoms with Gasteiger partial charge in [0.2, 0.25) is 0 Å². The minimum absolute atomic E-state index is 0.0805. The minimum atomic E-state index is -0.483. The van der Waals surface area contributed by atoms with Gasteiger partial charge in [0.1, 0.15) is 11.5 Å². The van der Waals surface area contributed by atoms with Gasteiger partial charge in [-0.25, -0.2) is 9.59 Å². The van der Waals surface area contributed by atoms with Crippen molar-refractivity contribution < 1.29 is 33.0 Å². The van der Waals surface area contributed by atoms with E-state index in [1.165, 1.54) is 44.6 Å². The molecule has 1 heterocycles. The largest absolute Gasteiger partial charge is 0.469 e. The number of aryl methyl sites for hydroxylation is 1. The van der Waals surface area contributed by atoms with Crippen LogP contribution in [0.25, 0.3) is 12.2 Å². The van der Waals surface area contributed by atoms with Gasteiger partial charge in [0.15, 0.2) is 0 Å². The van der Waals surface area contributed by atoms with Crippen molar-refractivity contribution in [3.63, 3.8) is 0 Å². The average molecular weight is 499 g/mol. The molecular formula is C29H38O7. The Bertz CT molecular complexity index is 1090. The van der Waals surface area contributed by atoms with Crippen LogP contribution in [-0.4, -0.2) is 39.2 Å². The molecule has 0 saturated heterocycles. The van der Waals surface area contributed by atoms with Gasteiger partial charge in [-0.3, -0.25) is 4.79 Å². The van der Waals surface area contributed by atoms with Crippen LogP contribution in [0.15, 0.2) is 33.8 Å². The van der Waals surface area contributed by atoms with E-state index in [0.29, 0.717) is 17.9 Å². The number of furan rings is 1. The fourth-order valence-corrected chi connectivity index (χ4v) is 6.42. The lowest BCUT2D eigenvalue weighted by Gasteiger charge is -2.54. The third-order valence-corrected chi connectivity index (χ3v) is 8.26. The van der Waals surface area contributed by atoms with Crippen LogP contribution in [0.4, 0.5) is 0 Å². The molecule has 2 aliphatic rings. The lowest BCUT2D eigenvalue weighted by atomic mass is 9.49. The fourth-order valence-electron chi connectivity index (χ4n) is 6.42. The first kappa shape index (κ1) is 27.5. The van der Waals surface area contributed by atoms with Crippen molar-refractivity contribution in [2.45, 2.75) is 65.7 Å². The summed E-state index contributed by atoms with van der Waals surface area (Å²) in [5, 5.41) is 0. The molecule has 3 atom stereocenters. The van der Waals surface area contributed by atoms with Crippen LogP contribution in [0.1, 0.15) is 76.4 Å². The maximum Gasteiger partial charge on any atom is 0.330 e. The molecule has 0 aliphatic heterocycles. The molecule has 36 heavy (non-hydrogen) atoms. The van der Waals surface area contributed by atoms with Gasteiger partial charge in [-0.2, -0.15) is 0 Å². The van der Waals surface area contributed by atoms with Gasteiger partial charge in [0.05, 0.1) is 26.7 Å². The second-order valence-corrected chi connectivity index (χ2v) is 10.3. The van der Waals surface area contributed by atoms with Crippen molar-refractivity contribution >= 4 is 30.1 Å². The molecular weight excluding hydrogens is 460 g/mol. The van der Waals surface area contributed by atoms with Gasteiger partial charge in [0, 0.05) is 12.2 Å². The second kappa shape index (κ2) is 11.3. The number of ether oxygens (including phenoxy) is 3. The molecule has 3 rings (SSSR count). The van der Waals surface area contributed by atoms with Gasteiger partial charge in [-0.1, -0.05) is 24.5 Å². The molecule has 7 heteroatoms. The monoisotopic (exact) mass is 498 g/mol. The van der Waals surface area contributed by atoms with Crippen molar-refractivity contribution in [3.8, 4) is 0 Å². The number of fused-ring (bicyclic) bond motifs is 1. The molecule has 1 aromatic rings. The molecule has 1 aromatic heterocycles. The van der Waals surface area contributed by atoms with Gasteiger partial charge in [0.25, 0.3) is 0 Å². The Balaban J connectivity index is 1.90. The number of allylic oxidation sites excluding steroid dienone is 2. The van der Waals surface area contributed by atoms with Crippen LogP contribution in [0.2, 0.25) is 0 Å². The predicted molar refractivity (Wildman–Crippen MR) is 137 cm³/mol. The van der Waals surface area contributed by atoms with Crippen LogP contribution in [-0.2, 0) is 35.0 Å². The maximum absolute atomic E-state index is 12.8. The maximum atomic E-state index is 12.8. The first-order valence-electron chi connectivity index (χ1n) is 12.5. The van der Waals surface area contributed by atoms with E-state index < -0.39 is 17.4 Å². The number of hydrogen-bond acceptors (Lipinski definition) is 7. The third-order valence-electron chi connectivity index (χ3n) is 8.26. The molecule has 0 bridgehead atoms. The van der Waals surface area contributed by atoms with Crippen molar-refractivity contribution in [2.75, 3.05) is 21.3 Å². The molecule has 0 radical (unpaired) electrons. The number of rotatable bonds is 8. The lowest BCUT2D eigenvalue weighted by molar-refractivity contribution is -0.163. The molecule has 1 saturated carbocycles. The number of carbonyl (C=O) groups is 3. The molecule has 0 amide bonds. The standard InChI is InChI=1S/C29H38O7/c1-19-8-13-24-28(2,16-7-17-29(24,3)27(32)35-6)22(19)11-9-20-18-21(10-14-25(30)33-4)36-23(20)12-15-26(31)34-5/h10,12,14-15,18,24H,7-9,11,13,16-17H2,1-6H3/b14-10+,15-12+/t24-,28-,29+/m1/s1. The van der Waals surface area contributed by atoms with Gasteiger partial charge in [-0.05, 0) is 87.5 Å². The highest BCUT2D eigenvalue weighted by atomic mass is 16.5. The SMILES string of the molecule is COC(=O)/C=C/c1cc(CCC2=C(C)CC[C@H]3[C@@](C)(C(=O)OC)CCC[C@]23C)c(/C=C/C(=O)OC)o1. The normalized spacial score (nSPS) is 26.2. The average Bonchev–Trinajstić information content (AvgIpc) is 3.26. The quantitative estimate of drug-likeness (QED) is 0.197. The van der Waals surface area contributed by atoms with Crippen LogP contribution in [0, 0.1) is 16.7 Å². The summed E-state index contributed by atoms with van der Waals surface area (Å²) in [4.78, 5) is 36.0. The van der Waals surface area contributed by atoms with Crippen molar-refractivity contribution in [2.24, 2.45) is 16.7 Å².